The van der Waals surface area contributed by atoms with Gasteiger partial charge in [0.2, 0.25) is 5.91 Å². The van der Waals surface area contributed by atoms with Gasteiger partial charge in [0.15, 0.2) is 0 Å². The molecule has 0 saturated heterocycles. The fourth-order valence-corrected chi connectivity index (χ4v) is 4.17. The lowest BCUT2D eigenvalue weighted by Crippen LogP contribution is -2.23. The summed E-state index contributed by atoms with van der Waals surface area (Å²) < 4.78 is 7.24. The van der Waals surface area contributed by atoms with Crippen molar-refractivity contribution in [1.82, 2.24) is 14.5 Å². The van der Waals surface area contributed by atoms with E-state index in [-0.39, 0.29) is 24.4 Å². The van der Waals surface area contributed by atoms with Crippen LogP contribution in [0, 0.1) is 13.8 Å². The van der Waals surface area contributed by atoms with Crippen molar-refractivity contribution in [2.75, 3.05) is 5.32 Å². The third-order valence-electron chi connectivity index (χ3n) is 4.97. The molecule has 0 aliphatic carbocycles. The Morgan fingerprint density at radius 1 is 1.16 bits per heavy atom. The standard InChI is InChI=1S/C23H22N4O3S/c1-15-16(2)31-22-21(15)23(29)27(14-25-22)11-9-20(28)26-17-7-5-8-19(12-17)30-13-18-6-3-4-10-24-18/h3-8,10,12,14H,9,11,13H2,1-2H3,(H,26,28). The number of hydrogen-bond acceptors (Lipinski definition) is 6. The predicted molar refractivity (Wildman–Crippen MR) is 122 cm³/mol. The van der Waals surface area contributed by atoms with E-state index in [1.54, 1.807) is 18.3 Å². The number of benzene rings is 1. The highest BCUT2D eigenvalue weighted by Gasteiger charge is 2.13. The van der Waals surface area contributed by atoms with Gasteiger partial charge < -0.3 is 10.1 Å². The maximum absolute atomic E-state index is 12.7. The number of carbonyl (C=O) groups is 1. The van der Waals surface area contributed by atoms with E-state index in [9.17, 15) is 9.59 Å². The molecule has 8 heteroatoms. The molecule has 0 saturated carbocycles. The van der Waals surface area contributed by atoms with E-state index in [0.29, 0.717) is 23.4 Å². The van der Waals surface area contributed by atoms with Crippen molar-refractivity contribution < 1.29 is 9.53 Å². The number of thiophene rings is 1. The molecule has 1 aromatic carbocycles. The van der Waals surface area contributed by atoms with Gasteiger partial charge in [-0.2, -0.15) is 0 Å². The largest absolute Gasteiger partial charge is 0.487 e. The molecule has 0 fully saturated rings. The molecule has 158 valence electrons. The van der Waals surface area contributed by atoms with Gasteiger partial charge in [0.05, 0.1) is 17.4 Å². The smallest absolute Gasteiger partial charge is 0.262 e. The van der Waals surface area contributed by atoms with Crippen LogP contribution in [0.15, 0.2) is 59.8 Å². The van der Waals surface area contributed by atoms with Crippen LogP contribution in [0.3, 0.4) is 0 Å². The second-order valence-electron chi connectivity index (χ2n) is 7.14. The van der Waals surface area contributed by atoms with Crippen molar-refractivity contribution in [3.05, 3.63) is 81.5 Å². The SMILES string of the molecule is Cc1sc2ncn(CCC(=O)Nc3cccc(OCc4ccccn4)c3)c(=O)c2c1C. The van der Waals surface area contributed by atoms with E-state index in [0.717, 1.165) is 21.0 Å². The van der Waals surface area contributed by atoms with Gasteiger partial charge in [-0.25, -0.2) is 4.98 Å². The average Bonchev–Trinajstić information content (AvgIpc) is 3.07. The third-order valence-corrected chi connectivity index (χ3v) is 6.08. The number of nitrogens with zero attached hydrogens (tertiary/aromatic N) is 3. The van der Waals surface area contributed by atoms with Gasteiger partial charge in [-0.05, 0) is 43.7 Å². The van der Waals surface area contributed by atoms with Gasteiger partial charge in [-0.3, -0.25) is 19.1 Å². The minimum atomic E-state index is -0.188. The number of rotatable bonds is 7. The van der Waals surface area contributed by atoms with E-state index in [2.05, 4.69) is 15.3 Å². The van der Waals surface area contributed by atoms with Crippen LogP contribution in [0.2, 0.25) is 0 Å². The summed E-state index contributed by atoms with van der Waals surface area (Å²) >= 11 is 1.51. The summed E-state index contributed by atoms with van der Waals surface area (Å²) in [5.74, 6) is 0.449. The molecule has 0 aliphatic rings. The van der Waals surface area contributed by atoms with E-state index in [1.807, 2.05) is 44.2 Å². The number of carbonyl (C=O) groups excluding carboxylic acids is 1. The Morgan fingerprint density at radius 2 is 2.03 bits per heavy atom. The fraction of sp³-hybridized carbons (Fsp3) is 0.217. The van der Waals surface area contributed by atoms with Gasteiger partial charge in [-0.15, -0.1) is 11.3 Å². The summed E-state index contributed by atoms with van der Waals surface area (Å²) in [5.41, 5.74) is 2.31. The van der Waals surface area contributed by atoms with Gasteiger partial charge >= 0.3 is 0 Å². The Kier molecular flexibility index (Phi) is 6.08. The zero-order valence-corrected chi connectivity index (χ0v) is 18.1. The molecule has 1 N–H and O–H groups in total. The Balaban J connectivity index is 1.37. The van der Waals surface area contributed by atoms with Crippen molar-refractivity contribution in [2.24, 2.45) is 0 Å². The first-order valence-electron chi connectivity index (χ1n) is 9.89. The minimum Gasteiger partial charge on any atom is -0.487 e. The quantitative estimate of drug-likeness (QED) is 0.474. The molecular formula is C23H22N4O3S. The Hall–Kier alpha value is -3.52. The zero-order chi connectivity index (χ0) is 21.8. The summed E-state index contributed by atoms with van der Waals surface area (Å²) in [5, 5.41) is 3.50. The first-order valence-corrected chi connectivity index (χ1v) is 10.7. The summed E-state index contributed by atoms with van der Waals surface area (Å²) in [6.45, 7) is 4.51. The van der Waals surface area contributed by atoms with E-state index >= 15 is 0 Å². The molecule has 0 unspecified atom stereocenters. The van der Waals surface area contributed by atoms with Gasteiger partial charge in [-0.1, -0.05) is 12.1 Å². The number of ether oxygens (including phenoxy) is 1. The summed E-state index contributed by atoms with van der Waals surface area (Å²) in [4.78, 5) is 35.6. The summed E-state index contributed by atoms with van der Waals surface area (Å²) in [6, 6.07) is 12.8. The van der Waals surface area contributed by atoms with Gasteiger partial charge in [0.25, 0.3) is 5.56 Å². The lowest BCUT2D eigenvalue weighted by atomic mass is 10.2. The number of anilines is 1. The highest BCUT2D eigenvalue weighted by molar-refractivity contribution is 7.18. The third kappa shape index (κ3) is 4.80. The Morgan fingerprint density at radius 3 is 2.84 bits per heavy atom. The van der Waals surface area contributed by atoms with Crippen molar-refractivity contribution >= 4 is 33.1 Å². The number of fused-ring (bicyclic) bond motifs is 1. The van der Waals surface area contributed by atoms with E-state index in [1.165, 1.54) is 22.2 Å². The maximum Gasteiger partial charge on any atom is 0.262 e. The normalized spacial score (nSPS) is 10.9. The molecule has 7 nitrogen and oxygen atoms in total. The van der Waals surface area contributed by atoms with Crippen molar-refractivity contribution in [3.63, 3.8) is 0 Å². The van der Waals surface area contributed by atoms with E-state index in [4.69, 9.17) is 4.74 Å². The van der Waals surface area contributed by atoms with Crippen molar-refractivity contribution in [2.45, 2.75) is 33.4 Å². The van der Waals surface area contributed by atoms with Crippen LogP contribution in [0.25, 0.3) is 10.2 Å². The molecule has 0 atom stereocenters. The predicted octanol–water partition coefficient (Wildman–Crippen LogP) is 4.08. The van der Waals surface area contributed by atoms with Crippen LogP contribution >= 0.6 is 11.3 Å². The van der Waals surface area contributed by atoms with E-state index < -0.39 is 0 Å². The highest BCUT2D eigenvalue weighted by atomic mass is 32.1. The minimum absolute atomic E-state index is 0.107. The topological polar surface area (TPSA) is 86.1 Å². The second-order valence-corrected chi connectivity index (χ2v) is 8.35. The highest BCUT2D eigenvalue weighted by Crippen LogP contribution is 2.25. The summed E-state index contributed by atoms with van der Waals surface area (Å²) in [7, 11) is 0. The number of pyridine rings is 1. The fourth-order valence-electron chi connectivity index (χ4n) is 3.18. The number of amides is 1. The second kappa shape index (κ2) is 9.09. The number of nitrogens with one attached hydrogen (secondary N) is 1. The van der Waals surface area contributed by atoms with Crippen LogP contribution in [-0.4, -0.2) is 20.4 Å². The van der Waals surface area contributed by atoms with Crippen molar-refractivity contribution in [1.29, 1.82) is 0 Å². The van der Waals surface area contributed by atoms with Crippen LogP contribution in [0.4, 0.5) is 5.69 Å². The molecule has 0 spiro atoms. The molecule has 4 rings (SSSR count). The molecular weight excluding hydrogens is 412 g/mol. The molecule has 0 radical (unpaired) electrons. The number of aryl methyl sites for hydroxylation is 3. The Bertz CT molecular complexity index is 1280. The Labute approximate surface area is 183 Å². The molecule has 1 amide bonds. The number of aromatic nitrogens is 3. The average molecular weight is 435 g/mol. The summed E-state index contributed by atoms with van der Waals surface area (Å²) in [6.07, 6.45) is 3.39. The number of hydrogen-bond donors (Lipinski definition) is 1. The lowest BCUT2D eigenvalue weighted by Gasteiger charge is -2.10. The molecule has 4 aromatic rings. The maximum atomic E-state index is 12.7. The van der Waals surface area contributed by atoms with Crippen LogP contribution in [0.1, 0.15) is 22.6 Å². The molecule has 0 bridgehead atoms. The molecule has 0 aliphatic heterocycles. The monoisotopic (exact) mass is 434 g/mol. The van der Waals surface area contributed by atoms with Crippen LogP contribution in [-0.2, 0) is 17.9 Å². The van der Waals surface area contributed by atoms with Gasteiger partial charge in [0.1, 0.15) is 17.2 Å². The molecule has 3 aromatic heterocycles. The molecule has 31 heavy (non-hydrogen) atoms. The van der Waals surface area contributed by atoms with Crippen LogP contribution in [0.5, 0.6) is 5.75 Å². The van der Waals surface area contributed by atoms with Gasteiger partial charge in [0, 0.05) is 35.8 Å². The molecule has 3 heterocycles. The first kappa shape index (κ1) is 20.7. The van der Waals surface area contributed by atoms with Crippen LogP contribution < -0.4 is 15.6 Å². The zero-order valence-electron chi connectivity index (χ0n) is 17.3. The first-order chi connectivity index (χ1) is 15.0. The lowest BCUT2D eigenvalue weighted by molar-refractivity contribution is -0.116. The van der Waals surface area contributed by atoms with Crippen molar-refractivity contribution in [3.8, 4) is 5.75 Å².